The van der Waals surface area contributed by atoms with Gasteiger partial charge in [0, 0.05) is 49.7 Å². The zero-order valence-electron chi connectivity index (χ0n) is 17.6. The van der Waals surface area contributed by atoms with Crippen molar-refractivity contribution in [3.63, 3.8) is 0 Å². The van der Waals surface area contributed by atoms with Crippen LogP contribution in [0.5, 0.6) is 0 Å². The zero-order chi connectivity index (χ0) is 21.2. The van der Waals surface area contributed by atoms with Crippen LogP contribution in [0.25, 0.3) is 10.9 Å². The van der Waals surface area contributed by atoms with Crippen LogP contribution in [0.3, 0.4) is 0 Å². The van der Waals surface area contributed by atoms with Gasteiger partial charge in [-0.15, -0.1) is 0 Å². The maximum Gasteiger partial charge on any atom is 0.292 e. The number of aliphatic hydroxyl groups excluding tert-OH is 1. The minimum Gasteiger partial charge on any atom is -0.393 e. The van der Waals surface area contributed by atoms with Gasteiger partial charge in [-0.1, -0.05) is 23.4 Å². The van der Waals surface area contributed by atoms with Crippen LogP contribution >= 0.6 is 0 Å². The lowest BCUT2D eigenvalue weighted by molar-refractivity contribution is 0.0512. The Morgan fingerprint density at radius 2 is 1.97 bits per heavy atom. The molecule has 4 heterocycles. The van der Waals surface area contributed by atoms with Crippen LogP contribution in [0.1, 0.15) is 53.4 Å². The predicted molar refractivity (Wildman–Crippen MR) is 117 cm³/mol. The molecular formula is C24H28N4O3. The fraction of sp³-hybridized carbons (Fsp3) is 0.458. The maximum absolute atomic E-state index is 12.7. The molecule has 0 bridgehead atoms. The van der Waals surface area contributed by atoms with Crippen LogP contribution in [0.4, 0.5) is 0 Å². The van der Waals surface area contributed by atoms with Crippen molar-refractivity contribution in [3.8, 4) is 0 Å². The minimum atomic E-state index is -0.305. The average Bonchev–Trinajstić information content (AvgIpc) is 3.30. The number of rotatable bonds is 4. The van der Waals surface area contributed by atoms with E-state index in [9.17, 15) is 9.90 Å². The summed E-state index contributed by atoms with van der Waals surface area (Å²) in [4.78, 5) is 21.4. The number of aromatic nitrogens is 2. The lowest BCUT2D eigenvalue weighted by Gasteiger charge is -2.32. The van der Waals surface area contributed by atoms with Crippen molar-refractivity contribution in [2.24, 2.45) is 0 Å². The van der Waals surface area contributed by atoms with E-state index in [1.54, 1.807) is 4.90 Å². The van der Waals surface area contributed by atoms with E-state index in [1.807, 2.05) is 18.3 Å². The molecule has 2 fully saturated rings. The van der Waals surface area contributed by atoms with Crippen LogP contribution in [0, 0.1) is 0 Å². The fourth-order valence-corrected chi connectivity index (χ4v) is 4.78. The molecule has 5 rings (SSSR count). The molecule has 1 amide bonds. The second kappa shape index (κ2) is 8.77. The topological polar surface area (TPSA) is 82.7 Å². The van der Waals surface area contributed by atoms with Gasteiger partial charge in [0.2, 0.25) is 5.76 Å². The second-order valence-corrected chi connectivity index (χ2v) is 8.70. The molecule has 0 spiro atoms. The molecule has 0 aliphatic carbocycles. The number of amides is 1. The van der Waals surface area contributed by atoms with Gasteiger partial charge in [0.1, 0.15) is 0 Å². The Kier molecular flexibility index (Phi) is 5.70. The smallest absolute Gasteiger partial charge is 0.292 e. The van der Waals surface area contributed by atoms with Gasteiger partial charge in [0.25, 0.3) is 5.91 Å². The van der Waals surface area contributed by atoms with Crippen molar-refractivity contribution >= 4 is 16.8 Å². The number of piperidine rings is 2. The van der Waals surface area contributed by atoms with Gasteiger partial charge < -0.3 is 14.5 Å². The number of fused-ring (bicyclic) bond motifs is 1. The number of aliphatic hydroxyl groups is 1. The number of benzene rings is 1. The molecule has 1 aromatic carbocycles. The van der Waals surface area contributed by atoms with Crippen molar-refractivity contribution < 1.29 is 14.4 Å². The van der Waals surface area contributed by atoms with Gasteiger partial charge in [-0.3, -0.25) is 14.7 Å². The second-order valence-electron chi connectivity index (χ2n) is 8.70. The molecule has 7 nitrogen and oxygen atoms in total. The fourth-order valence-electron chi connectivity index (χ4n) is 4.78. The zero-order valence-corrected chi connectivity index (χ0v) is 17.6. The molecule has 3 aromatic rings. The average molecular weight is 421 g/mol. The molecule has 2 aromatic heterocycles. The highest BCUT2D eigenvalue weighted by atomic mass is 16.5. The van der Waals surface area contributed by atoms with Crippen molar-refractivity contribution in [2.45, 2.75) is 44.2 Å². The molecule has 1 atom stereocenters. The molecule has 0 radical (unpaired) electrons. The summed E-state index contributed by atoms with van der Waals surface area (Å²) < 4.78 is 5.44. The van der Waals surface area contributed by atoms with Gasteiger partial charge in [0.05, 0.1) is 17.3 Å². The summed E-state index contributed by atoms with van der Waals surface area (Å²) in [5.74, 6) is 0.445. The van der Waals surface area contributed by atoms with Crippen molar-refractivity contribution in [2.75, 3.05) is 26.2 Å². The van der Waals surface area contributed by atoms with Crippen molar-refractivity contribution in [1.29, 1.82) is 0 Å². The molecule has 1 N–H and O–H groups in total. The third-order valence-electron chi connectivity index (χ3n) is 6.55. The first-order valence-corrected chi connectivity index (χ1v) is 11.2. The highest BCUT2D eigenvalue weighted by Crippen LogP contribution is 2.29. The number of carbonyl (C=O) groups is 1. The minimum absolute atomic E-state index is 0.124. The standard InChI is InChI=1S/C24H28N4O3/c29-19-8-12-28(13-9-19)24(30)23-14-22(26-31-23)18-4-3-11-27(16-18)15-17-7-10-25-21-6-2-1-5-20(17)21/h1-2,5-7,10,14,18-19,29H,3-4,8-9,11-13,15-16H2. The van der Waals surface area contributed by atoms with E-state index >= 15 is 0 Å². The van der Waals surface area contributed by atoms with Gasteiger partial charge >= 0.3 is 0 Å². The largest absolute Gasteiger partial charge is 0.393 e. The van der Waals surface area contributed by atoms with E-state index in [2.05, 4.69) is 39.3 Å². The number of carbonyl (C=O) groups excluding carboxylic acids is 1. The van der Waals surface area contributed by atoms with E-state index in [4.69, 9.17) is 4.52 Å². The number of likely N-dealkylation sites (tertiary alicyclic amines) is 2. The lowest BCUT2D eigenvalue weighted by Crippen LogP contribution is -2.39. The van der Waals surface area contributed by atoms with Crippen LogP contribution in [-0.4, -0.2) is 63.2 Å². The third kappa shape index (κ3) is 4.34. The Hall–Kier alpha value is -2.77. The van der Waals surface area contributed by atoms with Crippen molar-refractivity contribution in [3.05, 3.63) is 59.6 Å². The summed E-state index contributed by atoms with van der Waals surface area (Å²) >= 11 is 0. The predicted octanol–water partition coefficient (Wildman–Crippen LogP) is 3.20. The summed E-state index contributed by atoms with van der Waals surface area (Å²) in [6, 6.07) is 12.2. The van der Waals surface area contributed by atoms with Gasteiger partial charge in [-0.2, -0.15) is 0 Å². The monoisotopic (exact) mass is 420 g/mol. The number of hydrogen-bond acceptors (Lipinski definition) is 6. The Morgan fingerprint density at radius 3 is 2.84 bits per heavy atom. The van der Waals surface area contributed by atoms with Crippen LogP contribution in [-0.2, 0) is 6.54 Å². The van der Waals surface area contributed by atoms with Gasteiger partial charge in [-0.05, 0) is 49.9 Å². The van der Waals surface area contributed by atoms with Crippen molar-refractivity contribution in [1.82, 2.24) is 19.9 Å². The molecular weight excluding hydrogens is 392 g/mol. The van der Waals surface area contributed by atoms with E-state index < -0.39 is 0 Å². The van der Waals surface area contributed by atoms with Crippen LogP contribution in [0.2, 0.25) is 0 Å². The summed E-state index contributed by atoms with van der Waals surface area (Å²) in [5.41, 5.74) is 3.18. The summed E-state index contributed by atoms with van der Waals surface area (Å²) in [6.45, 7) is 3.94. The molecule has 162 valence electrons. The number of para-hydroxylation sites is 1. The summed E-state index contributed by atoms with van der Waals surface area (Å²) in [6.07, 6.45) is 4.95. The molecule has 0 saturated carbocycles. The first-order chi connectivity index (χ1) is 15.2. The molecule has 1 unspecified atom stereocenters. The Bertz CT molecular complexity index is 1050. The van der Waals surface area contributed by atoms with E-state index in [-0.39, 0.29) is 17.9 Å². The summed E-state index contributed by atoms with van der Waals surface area (Å²) in [7, 11) is 0. The molecule has 2 aliphatic rings. The Morgan fingerprint density at radius 1 is 1.13 bits per heavy atom. The molecule has 7 heteroatoms. The van der Waals surface area contributed by atoms with E-state index in [0.29, 0.717) is 31.7 Å². The van der Waals surface area contributed by atoms with Crippen LogP contribution < -0.4 is 0 Å². The quantitative estimate of drug-likeness (QED) is 0.698. The highest BCUT2D eigenvalue weighted by molar-refractivity contribution is 5.91. The Balaban J connectivity index is 1.26. The van der Waals surface area contributed by atoms with E-state index in [0.717, 1.165) is 43.7 Å². The first-order valence-electron chi connectivity index (χ1n) is 11.2. The normalized spacial score (nSPS) is 20.9. The number of nitrogens with zero attached hydrogens (tertiary/aromatic N) is 4. The number of pyridine rings is 1. The Labute approximate surface area is 181 Å². The SMILES string of the molecule is O=C(c1cc(C2CCCN(Cc3ccnc4ccccc34)C2)no1)N1CCC(O)CC1. The van der Waals surface area contributed by atoms with Gasteiger partial charge in [-0.25, -0.2) is 0 Å². The highest BCUT2D eigenvalue weighted by Gasteiger charge is 2.28. The number of hydrogen-bond donors (Lipinski definition) is 1. The van der Waals surface area contributed by atoms with Crippen LogP contribution in [0.15, 0.2) is 47.1 Å². The molecule has 2 aliphatic heterocycles. The lowest BCUT2D eigenvalue weighted by atomic mass is 9.94. The molecule has 2 saturated heterocycles. The molecule has 31 heavy (non-hydrogen) atoms. The third-order valence-corrected chi connectivity index (χ3v) is 6.55. The van der Waals surface area contributed by atoms with Gasteiger partial charge in [0.15, 0.2) is 0 Å². The summed E-state index contributed by atoms with van der Waals surface area (Å²) in [5, 5.41) is 15.1. The maximum atomic E-state index is 12.7. The first kappa shape index (κ1) is 20.2. The van der Waals surface area contributed by atoms with E-state index in [1.165, 1.54) is 10.9 Å².